The molecule has 1 rings (SSSR count). The van der Waals surface area contributed by atoms with Crippen LogP contribution in [0.4, 0.5) is 0 Å². The minimum absolute atomic E-state index is 0.964. The van der Waals surface area contributed by atoms with Crippen LogP contribution in [-0.4, -0.2) is 4.57 Å². The van der Waals surface area contributed by atoms with Gasteiger partial charge in [0.15, 0.2) is 0 Å². The fraction of sp³-hybridized carbons (Fsp3) is 0.222. The SMILES string of the molecule is C/C=C\N=c1ccccn1C. The van der Waals surface area contributed by atoms with Crippen LogP contribution in [0.25, 0.3) is 0 Å². The summed E-state index contributed by atoms with van der Waals surface area (Å²) in [4.78, 5) is 4.21. The van der Waals surface area contributed by atoms with Crippen molar-refractivity contribution in [1.82, 2.24) is 4.57 Å². The van der Waals surface area contributed by atoms with E-state index < -0.39 is 0 Å². The lowest BCUT2D eigenvalue weighted by Gasteiger charge is -1.94. The molecule has 2 heteroatoms. The van der Waals surface area contributed by atoms with Gasteiger partial charge in [-0.3, -0.25) is 0 Å². The van der Waals surface area contributed by atoms with Gasteiger partial charge in [-0.25, -0.2) is 4.99 Å². The fourth-order valence-corrected chi connectivity index (χ4v) is 0.799. The predicted molar refractivity (Wildman–Crippen MR) is 45.8 cm³/mol. The first kappa shape index (κ1) is 7.79. The third-order valence-corrected chi connectivity index (χ3v) is 1.38. The Labute approximate surface area is 66.5 Å². The van der Waals surface area contributed by atoms with Gasteiger partial charge in [-0.15, -0.1) is 0 Å². The Kier molecular flexibility index (Phi) is 2.66. The monoisotopic (exact) mass is 148 g/mol. The highest BCUT2D eigenvalue weighted by molar-refractivity contribution is 4.93. The van der Waals surface area contributed by atoms with Crippen molar-refractivity contribution in [2.24, 2.45) is 12.0 Å². The van der Waals surface area contributed by atoms with Crippen molar-refractivity contribution >= 4 is 0 Å². The van der Waals surface area contributed by atoms with Crippen LogP contribution in [-0.2, 0) is 7.05 Å². The molecule has 0 unspecified atom stereocenters. The highest BCUT2D eigenvalue weighted by atomic mass is 15.0. The van der Waals surface area contributed by atoms with Crippen LogP contribution in [0.3, 0.4) is 0 Å². The minimum atomic E-state index is 0.964. The maximum Gasteiger partial charge on any atom is 0.132 e. The molecular weight excluding hydrogens is 136 g/mol. The number of allylic oxidation sites excluding steroid dienone is 1. The molecule has 0 atom stereocenters. The first-order valence-electron chi connectivity index (χ1n) is 3.61. The van der Waals surface area contributed by atoms with Crippen LogP contribution in [0.2, 0.25) is 0 Å². The van der Waals surface area contributed by atoms with Crippen LogP contribution in [0.1, 0.15) is 6.92 Å². The molecular formula is C9H12N2. The molecule has 0 amide bonds. The van der Waals surface area contributed by atoms with E-state index in [0.717, 1.165) is 5.49 Å². The third-order valence-electron chi connectivity index (χ3n) is 1.38. The highest BCUT2D eigenvalue weighted by Gasteiger charge is 1.79. The van der Waals surface area contributed by atoms with Gasteiger partial charge in [0.05, 0.1) is 0 Å². The summed E-state index contributed by atoms with van der Waals surface area (Å²) in [6.45, 7) is 1.95. The number of hydrogen-bond donors (Lipinski definition) is 0. The Morgan fingerprint density at radius 2 is 2.27 bits per heavy atom. The second-order valence-electron chi connectivity index (χ2n) is 2.28. The van der Waals surface area contributed by atoms with E-state index in [0.29, 0.717) is 0 Å². The van der Waals surface area contributed by atoms with E-state index in [1.807, 2.05) is 49.0 Å². The fourth-order valence-electron chi connectivity index (χ4n) is 0.799. The summed E-state index contributed by atoms with van der Waals surface area (Å²) in [5, 5.41) is 0. The molecule has 1 heterocycles. The zero-order valence-corrected chi connectivity index (χ0v) is 6.86. The Morgan fingerprint density at radius 1 is 1.45 bits per heavy atom. The molecule has 0 bridgehead atoms. The van der Waals surface area contributed by atoms with Crippen molar-refractivity contribution in [2.75, 3.05) is 0 Å². The standard InChI is InChI=1S/C9H12N2/c1-3-7-10-9-6-4-5-8-11(9)2/h3-8H,1-2H3/b7-3-,10-9?. The van der Waals surface area contributed by atoms with Gasteiger partial charge < -0.3 is 4.57 Å². The zero-order chi connectivity index (χ0) is 8.10. The summed E-state index contributed by atoms with van der Waals surface area (Å²) in [7, 11) is 1.97. The summed E-state index contributed by atoms with van der Waals surface area (Å²) < 4.78 is 1.97. The summed E-state index contributed by atoms with van der Waals surface area (Å²) in [6, 6.07) is 5.93. The van der Waals surface area contributed by atoms with Gasteiger partial charge in [0.1, 0.15) is 5.49 Å². The van der Waals surface area contributed by atoms with Gasteiger partial charge in [0.2, 0.25) is 0 Å². The maximum atomic E-state index is 4.21. The molecule has 0 N–H and O–H groups in total. The second kappa shape index (κ2) is 3.76. The summed E-state index contributed by atoms with van der Waals surface area (Å²) in [6.07, 6.45) is 5.67. The number of nitrogens with zero attached hydrogens (tertiary/aromatic N) is 2. The predicted octanol–water partition coefficient (Wildman–Crippen LogP) is 1.46. The molecule has 11 heavy (non-hydrogen) atoms. The largest absolute Gasteiger partial charge is 0.336 e. The van der Waals surface area contributed by atoms with Gasteiger partial charge in [-0.2, -0.15) is 0 Å². The quantitative estimate of drug-likeness (QED) is 0.573. The Morgan fingerprint density at radius 3 is 2.91 bits per heavy atom. The molecule has 0 aliphatic heterocycles. The highest BCUT2D eigenvalue weighted by Crippen LogP contribution is 1.77. The number of rotatable bonds is 1. The van der Waals surface area contributed by atoms with E-state index in [-0.39, 0.29) is 0 Å². The van der Waals surface area contributed by atoms with E-state index in [2.05, 4.69) is 4.99 Å². The number of pyridine rings is 1. The Hall–Kier alpha value is -1.31. The third kappa shape index (κ3) is 2.08. The second-order valence-corrected chi connectivity index (χ2v) is 2.28. The van der Waals surface area contributed by atoms with Crippen molar-refractivity contribution < 1.29 is 0 Å². The summed E-state index contributed by atoms with van der Waals surface area (Å²) in [5.41, 5.74) is 0.964. The normalized spacial score (nSPS) is 12.7. The lowest BCUT2D eigenvalue weighted by molar-refractivity contribution is 0.834. The summed E-state index contributed by atoms with van der Waals surface area (Å²) >= 11 is 0. The van der Waals surface area contributed by atoms with Gasteiger partial charge in [0.25, 0.3) is 0 Å². The van der Waals surface area contributed by atoms with E-state index in [1.54, 1.807) is 6.20 Å². The zero-order valence-electron chi connectivity index (χ0n) is 6.86. The lowest BCUT2D eigenvalue weighted by atomic mass is 10.5. The molecule has 0 fully saturated rings. The van der Waals surface area contributed by atoms with Crippen LogP contribution in [0.5, 0.6) is 0 Å². The molecule has 2 nitrogen and oxygen atoms in total. The summed E-state index contributed by atoms with van der Waals surface area (Å²) in [5.74, 6) is 0. The molecule has 0 spiro atoms. The van der Waals surface area contributed by atoms with Gasteiger partial charge in [0, 0.05) is 19.4 Å². The first-order valence-corrected chi connectivity index (χ1v) is 3.61. The first-order chi connectivity index (χ1) is 5.34. The van der Waals surface area contributed by atoms with Crippen molar-refractivity contribution in [3.8, 4) is 0 Å². The molecule has 0 saturated carbocycles. The number of hydrogen-bond acceptors (Lipinski definition) is 1. The average Bonchev–Trinajstić information content (AvgIpc) is 2.03. The van der Waals surface area contributed by atoms with E-state index in [9.17, 15) is 0 Å². The van der Waals surface area contributed by atoms with Crippen LogP contribution >= 0.6 is 0 Å². The van der Waals surface area contributed by atoms with Crippen molar-refractivity contribution in [3.63, 3.8) is 0 Å². The Balaban J connectivity index is 3.13. The number of aryl methyl sites for hydroxylation is 1. The molecule has 0 radical (unpaired) electrons. The van der Waals surface area contributed by atoms with Crippen LogP contribution < -0.4 is 5.49 Å². The average molecular weight is 148 g/mol. The van der Waals surface area contributed by atoms with Gasteiger partial charge in [-0.05, 0) is 19.1 Å². The van der Waals surface area contributed by atoms with Gasteiger partial charge >= 0.3 is 0 Å². The van der Waals surface area contributed by atoms with Gasteiger partial charge in [-0.1, -0.05) is 12.1 Å². The molecule has 1 aromatic heterocycles. The van der Waals surface area contributed by atoms with Crippen molar-refractivity contribution in [1.29, 1.82) is 0 Å². The molecule has 0 saturated heterocycles. The van der Waals surface area contributed by atoms with Crippen molar-refractivity contribution in [2.45, 2.75) is 6.92 Å². The maximum absolute atomic E-state index is 4.21. The molecule has 0 aliphatic carbocycles. The van der Waals surface area contributed by atoms with Crippen LogP contribution in [0, 0.1) is 0 Å². The van der Waals surface area contributed by atoms with Crippen molar-refractivity contribution in [3.05, 3.63) is 42.2 Å². The minimum Gasteiger partial charge on any atom is -0.336 e. The molecule has 0 aromatic carbocycles. The van der Waals surface area contributed by atoms with Crippen LogP contribution in [0.15, 0.2) is 41.7 Å². The van der Waals surface area contributed by atoms with E-state index in [1.165, 1.54) is 0 Å². The van der Waals surface area contributed by atoms with E-state index >= 15 is 0 Å². The molecule has 1 aromatic rings. The Bertz CT molecular complexity index is 307. The smallest absolute Gasteiger partial charge is 0.132 e. The molecule has 0 aliphatic rings. The van der Waals surface area contributed by atoms with E-state index in [4.69, 9.17) is 0 Å². The number of aromatic nitrogens is 1. The topological polar surface area (TPSA) is 17.3 Å². The molecule has 58 valence electrons. The lowest BCUT2D eigenvalue weighted by Crippen LogP contribution is -2.14.